The molecule has 0 aliphatic carbocycles. The van der Waals surface area contributed by atoms with Crippen molar-refractivity contribution < 1.29 is 5.11 Å². The quantitative estimate of drug-likeness (QED) is 0.843. The van der Waals surface area contributed by atoms with E-state index in [-0.39, 0.29) is 0 Å². The minimum Gasteiger partial charge on any atom is -0.389 e. The number of aliphatic hydroxyl groups excluding tert-OH is 1. The zero-order valence-electron chi connectivity index (χ0n) is 11.3. The molecule has 100 valence electrons. The summed E-state index contributed by atoms with van der Waals surface area (Å²) in [6, 6.07) is 12.2. The molecule has 2 rings (SSSR count). The molecule has 0 heterocycles. The van der Waals surface area contributed by atoms with Crippen molar-refractivity contribution in [3.05, 3.63) is 58.1 Å². The van der Waals surface area contributed by atoms with Crippen LogP contribution in [0.2, 0.25) is 5.02 Å². The van der Waals surface area contributed by atoms with E-state index in [1.807, 2.05) is 18.2 Å². The smallest absolute Gasteiger partial charge is 0.0776 e. The lowest BCUT2D eigenvalue weighted by atomic mass is 10.1. The second-order valence-electron chi connectivity index (χ2n) is 4.73. The first-order chi connectivity index (χ1) is 8.97. The van der Waals surface area contributed by atoms with Gasteiger partial charge in [-0.1, -0.05) is 41.6 Å². The van der Waals surface area contributed by atoms with Gasteiger partial charge in [0.1, 0.15) is 0 Å². The molecule has 2 aromatic rings. The summed E-state index contributed by atoms with van der Waals surface area (Å²) in [4.78, 5) is 2.32. The Kier molecular flexibility index (Phi) is 4.56. The molecule has 1 unspecified atom stereocenters. The topological polar surface area (TPSA) is 20.2 Å². The molecule has 1 nitrogen and oxygen atoms in total. The molecule has 1 atom stereocenters. The van der Waals surface area contributed by atoms with Crippen molar-refractivity contribution in [1.82, 2.24) is 0 Å². The van der Waals surface area contributed by atoms with Gasteiger partial charge in [-0.15, -0.1) is 0 Å². The highest BCUT2D eigenvalue weighted by Crippen LogP contribution is 2.34. The molecule has 0 aromatic heterocycles. The molecule has 0 saturated carbocycles. The summed E-state index contributed by atoms with van der Waals surface area (Å²) in [6.45, 7) is 5.92. The van der Waals surface area contributed by atoms with Crippen LogP contribution in [0.4, 0.5) is 0 Å². The van der Waals surface area contributed by atoms with Crippen molar-refractivity contribution in [2.45, 2.75) is 36.7 Å². The third kappa shape index (κ3) is 3.53. The van der Waals surface area contributed by atoms with E-state index in [0.717, 1.165) is 10.5 Å². The van der Waals surface area contributed by atoms with Gasteiger partial charge < -0.3 is 5.11 Å². The number of hydrogen-bond acceptors (Lipinski definition) is 2. The van der Waals surface area contributed by atoms with Gasteiger partial charge in [0.2, 0.25) is 0 Å². The SMILES string of the molecule is Cc1ccc(C)c(Sc2ccc(C(C)O)c(Cl)c2)c1. The highest BCUT2D eigenvalue weighted by atomic mass is 35.5. The average molecular weight is 293 g/mol. The van der Waals surface area contributed by atoms with Crippen molar-refractivity contribution in [1.29, 1.82) is 0 Å². The van der Waals surface area contributed by atoms with Crippen molar-refractivity contribution in [2.75, 3.05) is 0 Å². The van der Waals surface area contributed by atoms with Gasteiger partial charge >= 0.3 is 0 Å². The summed E-state index contributed by atoms with van der Waals surface area (Å²) in [7, 11) is 0. The summed E-state index contributed by atoms with van der Waals surface area (Å²) in [5.74, 6) is 0. The van der Waals surface area contributed by atoms with Crippen LogP contribution in [-0.4, -0.2) is 5.11 Å². The fraction of sp³-hybridized carbons (Fsp3) is 0.250. The lowest BCUT2D eigenvalue weighted by Gasteiger charge is -2.10. The van der Waals surface area contributed by atoms with E-state index in [0.29, 0.717) is 5.02 Å². The third-order valence-corrected chi connectivity index (χ3v) is 4.47. The van der Waals surface area contributed by atoms with Gasteiger partial charge in [0.05, 0.1) is 6.10 Å². The van der Waals surface area contributed by atoms with E-state index in [9.17, 15) is 5.11 Å². The highest BCUT2D eigenvalue weighted by molar-refractivity contribution is 7.99. The predicted molar refractivity (Wildman–Crippen MR) is 82.1 cm³/mol. The second kappa shape index (κ2) is 6.00. The van der Waals surface area contributed by atoms with E-state index >= 15 is 0 Å². The monoisotopic (exact) mass is 292 g/mol. The number of benzene rings is 2. The number of aliphatic hydroxyl groups is 1. The predicted octanol–water partition coefficient (Wildman–Crippen LogP) is 5.16. The van der Waals surface area contributed by atoms with Crippen LogP contribution in [0, 0.1) is 13.8 Å². The van der Waals surface area contributed by atoms with Gasteiger partial charge in [-0.05, 0) is 55.7 Å². The first-order valence-corrected chi connectivity index (χ1v) is 7.39. The lowest BCUT2D eigenvalue weighted by molar-refractivity contribution is 0.199. The fourth-order valence-electron chi connectivity index (χ4n) is 1.85. The Morgan fingerprint density at radius 1 is 1.11 bits per heavy atom. The second-order valence-corrected chi connectivity index (χ2v) is 6.25. The molecular weight excluding hydrogens is 276 g/mol. The summed E-state index contributed by atoms with van der Waals surface area (Å²) in [5, 5.41) is 10.2. The van der Waals surface area contributed by atoms with Crippen LogP contribution in [0.15, 0.2) is 46.2 Å². The maximum absolute atomic E-state index is 9.57. The molecule has 0 aliphatic heterocycles. The third-order valence-electron chi connectivity index (χ3n) is 2.99. The number of rotatable bonds is 3. The number of hydrogen-bond donors (Lipinski definition) is 1. The van der Waals surface area contributed by atoms with Crippen molar-refractivity contribution in [3.8, 4) is 0 Å². The van der Waals surface area contributed by atoms with Gasteiger partial charge in [-0.3, -0.25) is 0 Å². The number of halogens is 1. The van der Waals surface area contributed by atoms with Crippen LogP contribution in [0.3, 0.4) is 0 Å². The molecule has 0 bridgehead atoms. The zero-order chi connectivity index (χ0) is 14.0. The number of aryl methyl sites for hydroxylation is 2. The summed E-state index contributed by atoms with van der Waals surface area (Å²) in [6.07, 6.45) is -0.535. The Hall–Kier alpha value is -0.960. The molecule has 1 N–H and O–H groups in total. The Balaban J connectivity index is 2.29. The van der Waals surface area contributed by atoms with Crippen molar-refractivity contribution >= 4 is 23.4 Å². The molecule has 0 saturated heterocycles. The van der Waals surface area contributed by atoms with E-state index in [1.165, 1.54) is 16.0 Å². The van der Waals surface area contributed by atoms with Crippen LogP contribution in [-0.2, 0) is 0 Å². The van der Waals surface area contributed by atoms with Crippen molar-refractivity contribution in [3.63, 3.8) is 0 Å². The average Bonchev–Trinajstić information content (AvgIpc) is 2.33. The van der Waals surface area contributed by atoms with E-state index in [1.54, 1.807) is 18.7 Å². The van der Waals surface area contributed by atoms with E-state index in [4.69, 9.17) is 11.6 Å². The first-order valence-electron chi connectivity index (χ1n) is 6.20. The molecule has 0 radical (unpaired) electrons. The lowest BCUT2D eigenvalue weighted by Crippen LogP contribution is -1.92. The van der Waals surface area contributed by atoms with Gasteiger partial charge in [-0.25, -0.2) is 0 Å². The largest absolute Gasteiger partial charge is 0.389 e. The minimum atomic E-state index is -0.535. The van der Waals surface area contributed by atoms with Crippen LogP contribution in [0.5, 0.6) is 0 Å². The van der Waals surface area contributed by atoms with Gasteiger partial charge in [0.25, 0.3) is 0 Å². The normalized spacial score (nSPS) is 12.5. The molecule has 0 fully saturated rings. The van der Waals surface area contributed by atoms with E-state index in [2.05, 4.69) is 32.0 Å². The zero-order valence-corrected chi connectivity index (χ0v) is 12.8. The molecular formula is C16H17ClOS. The molecule has 0 spiro atoms. The standard InChI is InChI=1S/C16H17ClOS/c1-10-4-5-11(2)16(8-10)19-13-6-7-14(12(3)18)15(17)9-13/h4-9,12,18H,1-3H3. The molecule has 0 amide bonds. The van der Waals surface area contributed by atoms with Crippen LogP contribution in [0.1, 0.15) is 29.7 Å². The maximum atomic E-state index is 9.57. The maximum Gasteiger partial charge on any atom is 0.0776 e. The van der Waals surface area contributed by atoms with Crippen LogP contribution >= 0.6 is 23.4 Å². The molecule has 19 heavy (non-hydrogen) atoms. The molecule has 3 heteroatoms. The Morgan fingerprint density at radius 3 is 2.47 bits per heavy atom. The van der Waals surface area contributed by atoms with Crippen LogP contribution < -0.4 is 0 Å². The van der Waals surface area contributed by atoms with Gasteiger partial charge in [0.15, 0.2) is 0 Å². The van der Waals surface area contributed by atoms with Gasteiger partial charge in [0, 0.05) is 14.8 Å². The van der Waals surface area contributed by atoms with Gasteiger partial charge in [-0.2, -0.15) is 0 Å². The minimum absolute atomic E-state index is 0.535. The Labute approximate surface area is 123 Å². The Morgan fingerprint density at radius 2 is 1.84 bits per heavy atom. The Bertz CT molecular complexity index is 593. The summed E-state index contributed by atoms with van der Waals surface area (Å²) >= 11 is 7.89. The fourth-order valence-corrected chi connectivity index (χ4v) is 3.30. The first kappa shape index (κ1) is 14.4. The van der Waals surface area contributed by atoms with Crippen LogP contribution in [0.25, 0.3) is 0 Å². The summed E-state index contributed by atoms with van der Waals surface area (Å²) in [5.41, 5.74) is 3.28. The summed E-state index contributed by atoms with van der Waals surface area (Å²) < 4.78 is 0. The molecule has 0 aliphatic rings. The van der Waals surface area contributed by atoms with E-state index < -0.39 is 6.10 Å². The molecule has 2 aromatic carbocycles. The van der Waals surface area contributed by atoms with Crippen molar-refractivity contribution in [2.24, 2.45) is 0 Å². The highest BCUT2D eigenvalue weighted by Gasteiger charge is 2.08.